The quantitative estimate of drug-likeness (QED) is 0.194. The Hall–Kier alpha value is -1.06. The van der Waals surface area contributed by atoms with Gasteiger partial charge in [-0.1, -0.05) is 19.3 Å². The van der Waals surface area contributed by atoms with Crippen LogP contribution >= 0.6 is 24.0 Å². The monoisotopic (exact) mass is 507 g/mol. The summed E-state index contributed by atoms with van der Waals surface area (Å²) in [7, 11) is 0. The van der Waals surface area contributed by atoms with Crippen molar-refractivity contribution in [2.24, 2.45) is 4.99 Å². The number of amides is 2. The van der Waals surface area contributed by atoms with E-state index in [4.69, 9.17) is 0 Å². The number of nitrogens with zero attached hydrogens (tertiary/aromatic N) is 2. The van der Waals surface area contributed by atoms with E-state index in [0.717, 1.165) is 64.1 Å². The Morgan fingerprint density at radius 3 is 2.68 bits per heavy atom. The van der Waals surface area contributed by atoms with Crippen LogP contribution in [-0.4, -0.2) is 61.4 Å². The third kappa shape index (κ3) is 9.93. The van der Waals surface area contributed by atoms with Gasteiger partial charge in [0.15, 0.2) is 5.96 Å². The van der Waals surface area contributed by atoms with Crippen LogP contribution in [0.3, 0.4) is 0 Å². The highest BCUT2D eigenvalue weighted by Gasteiger charge is 2.17. The molecule has 1 aliphatic heterocycles. The first-order valence-electron chi connectivity index (χ1n) is 10.8. The van der Waals surface area contributed by atoms with Gasteiger partial charge in [-0.3, -0.25) is 14.6 Å². The van der Waals surface area contributed by atoms with Gasteiger partial charge in [0.2, 0.25) is 11.8 Å². The molecule has 0 atom stereocenters. The Morgan fingerprint density at radius 1 is 1.14 bits per heavy atom. The Morgan fingerprint density at radius 2 is 1.93 bits per heavy atom. The second kappa shape index (κ2) is 14.9. The van der Waals surface area contributed by atoms with Crippen LogP contribution in [0.25, 0.3) is 0 Å². The summed E-state index contributed by atoms with van der Waals surface area (Å²) < 4.78 is 0. The van der Waals surface area contributed by atoms with Crippen molar-refractivity contribution in [2.75, 3.05) is 32.7 Å². The van der Waals surface area contributed by atoms with Gasteiger partial charge in [0.1, 0.15) is 0 Å². The van der Waals surface area contributed by atoms with E-state index >= 15 is 0 Å². The van der Waals surface area contributed by atoms with Crippen LogP contribution in [0.15, 0.2) is 4.99 Å². The van der Waals surface area contributed by atoms with E-state index in [1.54, 1.807) is 0 Å². The highest BCUT2D eigenvalue weighted by Crippen LogP contribution is 2.17. The Labute approximate surface area is 186 Å². The van der Waals surface area contributed by atoms with E-state index < -0.39 is 0 Å². The molecule has 0 radical (unpaired) electrons. The molecule has 0 unspecified atom stereocenters. The molecule has 28 heavy (non-hydrogen) atoms. The highest BCUT2D eigenvalue weighted by atomic mass is 127. The van der Waals surface area contributed by atoms with Crippen LogP contribution in [0.1, 0.15) is 71.1 Å². The number of carbonyl (C=O) groups excluding carboxylic acids is 2. The van der Waals surface area contributed by atoms with Crippen molar-refractivity contribution in [3.05, 3.63) is 0 Å². The summed E-state index contributed by atoms with van der Waals surface area (Å²) in [6.07, 6.45) is 9.99. The van der Waals surface area contributed by atoms with Crippen LogP contribution in [0.2, 0.25) is 0 Å². The fraction of sp³-hybridized carbons (Fsp3) is 0.850. The fourth-order valence-electron chi connectivity index (χ4n) is 3.73. The normalized spacial score (nSPS) is 18.4. The molecule has 1 saturated carbocycles. The second-order valence-corrected chi connectivity index (χ2v) is 7.53. The first kappa shape index (κ1) is 25.0. The average molecular weight is 507 g/mol. The van der Waals surface area contributed by atoms with Gasteiger partial charge in [0, 0.05) is 51.6 Å². The lowest BCUT2D eigenvalue weighted by Crippen LogP contribution is -2.40. The standard InChI is InChI=1S/C20H37N5O2.HI/c1-2-21-20(23-14-12-18(26)24-17-9-5-6-10-17)22-13-8-16-25-15-7-3-4-11-19(25)27;/h17H,2-16H2,1H3,(H,24,26)(H2,21,22,23);1H. The fourth-order valence-corrected chi connectivity index (χ4v) is 3.73. The first-order chi connectivity index (χ1) is 13.2. The Bertz CT molecular complexity index is 495. The molecule has 2 fully saturated rings. The zero-order valence-corrected chi connectivity index (χ0v) is 19.6. The smallest absolute Gasteiger partial charge is 0.222 e. The number of rotatable bonds is 9. The SMILES string of the molecule is CCNC(=NCCCN1CCCCCC1=O)NCCC(=O)NC1CCCC1.I. The maximum Gasteiger partial charge on any atom is 0.222 e. The minimum absolute atomic E-state index is 0. The summed E-state index contributed by atoms with van der Waals surface area (Å²) >= 11 is 0. The van der Waals surface area contributed by atoms with E-state index in [2.05, 4.69) is 20.9 Å². The molecule has 2 rings (SSSR count). The zero-order chi connectivity index (χ0) is 19.3. The third-order valence-corrected chi connectivity index (χ3v) is 5.24. The number of aliphatic imine (C=N–C) groups is 1. The minimum atomic E-state index is 0. The van der Waals surface area contributed by atoms with Gasteiger partial charge in [-0.25, -0.2) is 0 Å². The van der Waals surface area contributed by atoms with E-state index in [1.165, 1.54) is 12.8 Å². The lowest BCUT2D eigenvalue weighted by atomic mass is 10.2. The number of nitrogens with one attached hydrogen (secondary N) is 3. The molecule has 0 aromatic rings. The van der Waals surface area contributed by atoms with Gasteiger partial charge >= 0.3 is 0 Å². The van der Waals surface area contributed by atoms with Crippen molar-refractivity contribution in [3.63, 3.8) is 0 Å². The number of guanidine groups is 1. The van der Waals surface area contributed by atoms with E-state index in [1.807, 2.05) is 11.8 Å². The van der Waals surface area contributed by atoms with E-state index in [-0.39, 0.29) is 35.8 Å². The van der Waals surface area contributed by atoms with Gasteiger partial charge in [-0.2, -0.15) is 0 Å². The Kier molecular flexibility index (Phi) is 13.3. The van der Waals surface area contributed by atoms with Crippen molar-refractivity contribution >= 4 is 41.8 Å². The van der Waals surface area contributed by atoms with Gasteiger partial charge in [-0.15, -0.1) is 24.0 Å². The number of hydrogen-bond acceptors (Lipinski definition) is 3. The summed E-state index contributed by atoms with van der Waals surface area (Å²) in [6, 6.07) is 0.376. The number of likely N-dealkylation sites (tertiary alicyclic amines) is 1. The van der Waals surface area contributed by atoms with Crippen LogP contribution in [0, 0.1) is 0 Å². The van der Waals surface area contributed by atoms with Crippen molar-refractivity contribution < 1.29 is 9.59 Å². The van der Waals surface area contributed by atoms with Crippen LogP contribution in [-0.2, 0) is 9.59 Å². The number of carbonyl (C=O) groups is 2. The minimum Gasteiger partial charge on any atom is -0.357 e. The molecule has 3 N–H and O–H groups in total. The number of hydrogen-bond donors (Lipinski definition) is 3. The van der Waals surface area contributed by atoms with E-state index in [9.17, 15) is 9.59 Å². The summed E-state index contributed by atoms with van der Waals surface area (Å²) in [6.45, 7) is 5.73. The summed E-state index contributed by atoms with van der Waals surface area (Å²) in [5, 5.41) is 9.55. The second-order valence-electron chi connectivity index (χ2n) is 7.53. The molecule has 2 aliphatic rings. The van der Waals surface area contributed by atoms with Crippen molar-refractivity contribution in [3.8, 4) is 0 Å². The molecule has 0 spiro atoms. The van der Waals surface area contributed by atoms with Gasteiger partial charge < -0.3 is 20.9 Å². The molecule has 0 aromatic heterocycles. The van der Waals surface area contributed by atoms with Crippen molar-refractivity contribution in [1.29, 1.82) is 0 Å². The highest BCUT2D eigenvalue weighted by molar-refractivity contribution is 14.0. The average Bonchev–Trinajstić information content (AvgIpc) is 3.07. The van der Waals surface area contributed by atoms with E-state index in [0.29, 0.717) is 32.0 Å². The predicted octanol–water partition coefficient (Wildman–Crippen LogP) is 2.40. The number of halogens is 1. The molecule has 1 saturated heterocycles. The molecule has 162 valence electrons. The molecular formula is C20H38IN5O2. The third-order valence-electron chi connectivity index (χ3n) is 5.24. The summed E-state index contributed by atoms with van der Waals surface area (Å²) in [5.74, 6) is 1.15. The lowest BCUT2D eigenvalue weighted by Gasteiger charge is -2.20. The largest absolute Gasteiger partial charge is 0.357 e. The summed E-state index contributed by atoms with van der Waals surface area (Å²) in [5.41, 5.74) is 0. The molecule has 7 nitrogen and oxygen atoms in total. The summed E-state index contributed by atoms with van der Waals surface area (Å²) in [4.78, 5) is 30.5. The molecular weight excluding hydrogens is 469 g/mol. The van der Waals surface area contributed by atoms with Gasteiger partial charge in [-0.05, 0) is 39.0 Å². The Balaban J connectivity index is 0.00000392. The molecule has 2 amide bonds. The predicted molar refractivity (Wildman–Crippen MR) is 124 cm³/mol. The van der Waals surface area contributed by atoms with Gasteiger partial charge in [0.25, 0.3) is 0 Å². The molecule has 1 heterocycles. The molecule has 0 aromatic carbocycles. The molecule has 8 heteroatoms. The lowest BCUT2D eigenvalue weighted by molar-refractivity contribution is -0.130. The van der Waals surface area contributed by atoms with Crippen LogP contribution < -0.4 is 16.0 Å². The van der Waals surface area contributed by atoms with Crippen LogP contribution in [0.5, 0.6) is 0 Å². The zero-order valence-electron chi connectivity index (χ0n) is 17.3. The maximum absolute atomic E-state index is 12.0. The first-order valence-corrected chi connectivity index (χ1v) is 10.8. The van der Waals surface area contributed by atoms with Gasteiger partial charge in [0.05, 0.1) is 0 Å². The van der Waals surface area contributed by atoms with Crippen molar-refractivity contribution in [2.45, 2.75) is 77.2 Å². The topological polar surface area (TPSA) is 85.8 Å². The molecule has 0 bridgehead atoms. The maximum atomic E-state index is 12.0. The van der Waals surface area contributed by atoms with Crippen LogP contribution in [0.4, 0.5) is 0 Å². The van der Waals surface area contributed by atoms with Crippen molar-refractivity contribution in [1.82, 2.24) is 20.9 Å². The molecule has 1 aliphatic carbocycles.